The lowest BCUT2D eigenvalue weighted by Gasteiger charge is -2.14. The zero-order chi connectivity index (χ0) is 12.6. The molecule has 7 heteroatoms. The summed E-state index contributed by atoms with van der Waals surface area (Å²) in [6.07, 6.45) is 0.998. The second-order valence-electron chi connectivity index (χ2n) is 4.34. The molecule has 1 unspecified atom stereocenters. The fraction of sp³-hybridized carbons (Fsp3) is 0.500. The summed E-state index contributed by atoms with van der Waals surface area (Å²) < 4.78 is 22.2. The number of thiophene rings is 1. The van der Waals surface area contributed by atoms with Crippen LogP contribution in [0, 0.1) is 5.92 Å². The van der Waals surface area contributed by atoms with Crippen molar-refractivity contribution in [3.8, 4) is 0 Å². The molecule has 0 aromatic carbocycles. The molecule has 1 aromatic heterocycles. The van der Waals surface area contributed by atoms with Crippen LogP contribution in [-0.4, -0.2) is 32.3 Å². The lowest BCUT2D eigenvalue weighted by molar-refractivity contribution is 0.0788. The van der Waals surface area contributed by atoms with Gasteiger partial charge in [0.2, 0.25) is 10.0 Å². The molecule has 1 aliphatic rings. The number of nitrogens with two attached hydrogens (primary N) is 1. The minimum Gasteiger partial charge on any atom is -0.338 e. The van der Waals surface area contributed by atoms with E-state index in [1.165, 1.54) is 6.07 Å². The topological polar surface area (TPSA) is 80.5 Å². The van der Waals surface area contributed by atoms with E-state index < -0.39 is 10.0 Å². The van der Waals surface area contributed by atoms with Crippen LogP contribution >= 0.6 is 11.3 Å². The Hall–Kier alpha value is -0.920. The third kappa shape index (κ3) is 2.67. The summed E-state index contributed by atoms with van der Waals surface area (Å²) in [5.74, 6) is 0.399. The highest BCUT2D eigenvalue weighted by Crippen LogP contribution is 2.23. The predicted molar refractivity (Wildman–Crippen MR) is 65.4 cm³/mol. The molecule has 2 N–H and O–H groups in total. The van der Waals surface area contributed by atoms with Crippen molar-refractivity contribution in [3.05, 3.63) is 17.0 Å². The Bertz CT molecular complexity index is 536. The van der Waals surface area contributed by atoms with Gasteiger partial charge in [0.05, 0.1) is 5.56 Å². The van der Waals surface area contributed by atoms with Crippen LogP contribution in [0.5, 0.6) is 0 Å². The van der Waals surface area contributed by atoms with Gasteiger partial charge < -0.3 is 4.90 Å². The van der Waals surface area contributed by atoms with Gasteiger partial charge in [-0.15, -0.1) is 11.3 Å². The number of nitrogens with zero attached hydrogens (tertiary/aromatic N) is 1. The van der Waals surface area contributed by atoms with E-state index in [4.69, 9.17) is 5.14 Å². The van der Waals surface area contributed by atoms with Crippen molar-refractivity contribution < 1.29 is 13.2 Å². The van der Waals surface area contributed by atoms with Gasteiger partial charge in [0, 0.05) is 18.5 Å². The summed E-state index contributed by atoms with van der Waals surface area (Å²) in [4.78, 5) is 13.8. The van der Waals surface area contributed by atoms with E-state index in [0.29, 0.717) is 11.5 Å². The molecule has 0 radical (unpaired) electrons. The first-order valence-corrected chi connectivity index (χ1v) is 7.71. The minimum absolute atomic E-state index is 0.0353. The first-order chi connectivity index (χ1) is 7.88. The molecule has 1 amide bonds. The number of sulfonamides is 1. The quantitative estimate of drug-likeness (QED) is 0.869. The van der Waals surface area contributed by atoms with Crippen molar-refractivity contribution in [2.75, 3.05) is 13.1 Å². The molecule has 1 atom stereocenters. The number of primary sulfonamides is 1. The molecule has 1 fully saturated rings. The normalized spacial score (nSPS) is 20.8. The molecule has 0 spiro atoms. The largest absolute Gasteiger partial charge is 0.338 e. The fourth-order valence-electron chi connectivity index (χ4n) is 1.88. The van der Waals surface area contributed by atoms with Gasteiger partial charge >= 0.3 is 0 Å². The number of rotatable bonds is 2. The molecular weight excluding hydrogens is 260 g/mol. The van der Waals surface area contributed by atoms with E-state index in [1.54, 1.807) is 10.3 Å². The SMILES string of the molecule is CC1CCN(C(=O)c2csc(S(N)(=O)=O)c2)C1. The number of hydrogen-bond donors (Lipinski definition) is 1. The number of carbonyl (C=O) groups is 1. The molecule has 1 saturated heterocycles. The number of likely N-dealkylation sites (tertiary alicyclic amines) is 1. The minimum atomic E-state index is -3.70. The Morgan fingerprint density at radius 3 is 2.76 bits per heavy atom. The van der Waals surface area contributed by atoms with Gasteiger partial charge in [-0.05, 0) is 18.4 Å². The third-order valence-corrected chi connectivity index (χ3v) is 5.20. The van der Waals surface area contributed by atoms with E-state index in [0.717, 1.165) is 30.8 Å². The maximum atomic E-state index is 12.0. The van der Waals surface area contributed by atoms with E-state index in [-0.39, 0.29) is 10.1 Å². The highest BCUT2D eigenvalue weighted by Gasteiger charge is 2.25. The van der Waals surface area contributed by atoms with E-state index in [9.17, 15) is 13.2 Å². The smallest absolute Gasteiger partial charge is 0.254 e. The van der Waals surface area contributed by atoms with Gasteiger partial charge in [-0.25, -0.2) is 13.6 Å². The molecule has 0 bridgehead atoms. The second-order valence-corrected chi connectivity index (χ2v) is 7.04. The van der Waals surface area contributed by atoms with Gasteiger partial charge in [0.15, 0.2) is 0 Å². The lowest BCUT2D eigenvalue weighted by atomic mass is 10.2. The van der Waals surface area contributed by atoms with Crippen molar-refractivity contribution in [1.82, 2.24) is 4.90 Å². The van der Waals surface area contributed by atoms with Crippen LogP contribution in [0.15, 0.2) is 15.7 Å². The maximum Gasteiger partial charge on any atom is 0.254 e. The van der Waals surface area contributed by atoms with Gasteiger partial charge in [0.1, 0.15) is 4.21 Å². The molecule has 1 aliphatic heterocycles. The van der Waals surface area contributed by atoms with Crippen LogP contribution in [0.4, 0.5) is 0 Å². The summed E-state index contributed by atoms with van der Waals surface area (Å²) >= 11 is 0.984. The average molecular weight is 274 g/mol. The zero-order valence-corrected chi connectivity index (χ0v) is 11.1. The molecule has 2 heterocycles. The first-order valence-electron chi connectivity index (χ1n) is 5.28. The van der Waals surface area contributed by atoms with Crippen molar-refractivity contribution >= 4 is 27.3 Å². The Balaban J connectivity index is 2.18. The standard InChI is InChI=1S/C10H14N2O3S2/c1-7-2-3-12(5-7)10(13)8-4-9(16-6-8)17(11,14)15/h4,6-7H,2-3,5H2,1H3,(H2,11,14,15). The molecule has 1 aromatic rings. The summed E-state index contributed by atoms with van der Waals surface area (Å²) in [5.41, 5.74) is 0.410. The number of amides is 1. The highest BCUT2D eigenvalue weighted by atomic mass is 32.2. The molecule has 17 heavy (non-hydrogen) atoms. The highest BCUT2D eigenvalue weighted by molar-refractivity contribution is 7.91. The van der Waals surface area contributed by atoms with Crippen LogP contribution in [0.1, 0.15) is 23.7 Å². The van der Waals surface area contributed by atoms with Crippen molar-refractivity contribution in [1.29, 1.82) is 0 Å². The second kappa shape index (κ2) is 4.40. The van der Waals surface area contributed by atoms with Gasteiger partial charge in [-0.3, -0.25) is 4.79 Å². The predicted octanol–water partition coefficient (Wildman–Crippen LogP) is 0.878. The molecule has 0 saturated carbocycles. The maximum absolute atomic E-state index is 12.0. The Morgan fingerprint density at radius 1 is 1.59 bits per heavy atom. The Morgan fingerprint density at radius 2 is 2.29 bits per heavy atom. The van der Waals surface area contributed by atoms with Crippen molar-refractivity contribution in [3.63, 3.8) is 0 Å². The van der Waals surface area contributed by atoms with Gasteiger partial charge in [-0.1, -0.05) is 6.92 Å². The number of hydrogen-bond acceptors (Lipinski definition) is 4. The first kappa shape index (κ1) is 12.5. The fourth-order valence-corrected chi connectivity index (χ4v) is 3.46. The molecule has 2 rings (SSSR count). The van der Waals surface area contributed by atoms with E-state index in [1.807, 2.05) is 0 Å². The Kier molecular flexibility index (Phi) is 3.24. The molecule has 0 aliphatic carbocycles. The zero-order valence-electron chi connectivity index (χ0n) is 9.42. The van der Waals surface area contributed by atoms with Crippen molar-refractivity contribution in [2.24, 2.45) is 11.1 Å². The molecular formula is C10H14N2O3S2. The van der Waals surface area contributed by atoms with Crippen LogP contribution in [0.3, 0.4) is 0 Å². The number of carbonyl (C=O) groups excluding carboxylic acids is 1. The third-order valence-electron chi connectivity index (χ3n) is 2.81. The monoisotopic (exact) mass is 274 g/mol. The van der Waals surface area contributed by atoms with Crippen LogP contribution in [0.2, 0.25) is 0 Å². The summed E-state index contributed by atoms with van der Waals surface area (Å²) in [6, 6.07) is 1.35. The molecule has 94 valence electrons. The average Bonchev–Trinajstić information content (AvgIpc) is 2.83. The van der Waals surface area contributed by atoms with Crippen LogP contribution in [-0.2, 0) is 10.0 Å². The lowest BCUT2D eigenvalue weighted by Crippen LogP contribution is -2.28. The molecule has 5 nitrogen and oxygen atoms in total. The summed E-state index contributed by atoms with van der Waals surface area (Å²) in [7, 11) is -3.70. The van der Waals surface area contributed by atoms with Crippen LogP contribution < -0.4 is 5.14 Å². The summed E-state index contributed by atoms with van der Waals surface area (Å²) in [6.45, 7) is 3.57. The Labute approximate surface area is 104 Å². The van der Waals surface area contributed by atoms with Gasteiger partial charge in [-0.2, -0.15) is 0 Å². The van der Waals surface area contributed by atoms with E-state index >= 15 is 0 Å². The van der Waals surface area contributed by atoms with E-state index in [2.05, 4.69) is 6.92 Å². The van der Waals surface area contributed by atoms with Crippen molar-refractivity contribution in [2.45, 2.75) is 17.6 Å². The van der Waals surface area contributed by atoms with Crippen LogP contribution in [0.25, 0.3) is 0 Å². The van der Waals surface area contributed by atoms with Gasteiger partial charge in [0.25, 0.3) is 5.91 Å². The summed E-state index contributed by atoms with van der Waals surface area (Å²) in [5, 5.41) is 6.55.